The van der Waals surface area contributed by atoms with E-state index in [0.717, 1.165) is 19.6 Å². The Labute approximate surface area is 75.9 Å². The van der Waals surface area contributed by atoms with Crippen LogP contribution in [0.25, 0.3) is 0 Å². The van der Waals surface area contributed by atoms with Crippen LogP contribution in [0.2, 0.25) is 0 Å². The van der Waals surface area contributed by atoms with Crippen molar-refractivity contribution in [1.29, 1.82) is 0 Å². The monoisotopic (exact) mass is 170 g/mol. The van der Waals surface area contributed by atoms with Crippen LogP contribution >= 0.6 is 0 Å². The lowest BCUT2D eigenvalue weighted by atomic mass is 10.1. The molecule has 1 rings (SSSR count). The second kappa shape index (κ2) is 5.55. The predicted octanol–water partition coefficient (Wildman–Crippen LogP) is 2.41. The fourth-order valence-corrected chi connectivity index (χ4v) is 1.46. The minimum Gasteiger partial charge on any atom is -0.356 e. The molecule has 0 atom stereocenters. The summed E-state index contributed by atoms with van der Waals surface area (Å²) in [5, 5.41) is 0. The van der Waals surface area contributed by atoms with Crippen LogP contribution in [0, 0.1) is 6.23 Å². The average Bonchev–Trinajstić information content (AvgIpc) is 2.15. The maximum Gasteiger partial charge on any atom is 0.164 e. The summed E-state index contributed by atoms with van der Waals surface area (Å²) >= 11 is 0. The summed E-state index contributed by atoms with van der Waals surface area (Å²) in [4.78, 5) is 2.27. The third kappa shape index (κ3) is 3.11. The summed E-state index contributed by atoms with van der Waals surface area (Å²) in [7, 11) is 2.14. The molecule has 0 spiro atoms. The molecule has 1 heterocycles. The lowest BCUT2D eigenvalue weighted by Gasteiger charge is -2.29. The van der Waals surface area contributed by atoms with Crippen molar-refractivity contribution in [2.45, 2.75) is 39.0 Å². The molecular weight excluding hydrogens is 150 g/mol. The second-order valence-electron chi connectivity index (χ2n) is 3.47. The number of nitrogens with zero attached hydrogens (tertiary/aromatic N) is 1. The smallest absolute Gasteiger partial charge is 0.164 e. The largest absolute Gasteiger partial charge is 0.356 e. The molecule has 1 aliphatic rings. The predicted molar refractivity (Wildman–Crippen MR) is 50.6 cm³/mol. The van der Waals surface area contributed by atoms with Crippen LogP contribution < -0.4 is 0 Å². The van der Waals surface area contributed by atoms with Crippen LogP contribution in [0.5, 0.6) is 0 Å². The van der Waals surface area contributed by atoms with E-state index in [-0.39, 0.29) is 0 Å². The van der Waals surface area contributed by atoms with Gasteiger partial charge in [-0.15, -0.1) is 0 Å². The highest BCUT2D eigenvalue weighted by Gasteiger charge is 2.19. The van der Waals surface area contributed by atoms with Crippen molar-refractivity contribution in [3.05, 3.63) is 6.23 Å². The van der Waals surface area contributed by atoms with Crippen LogP contribution in [0.3, 0.4) is 0 Å². The maximum atomic E-state index is 5.58. The summed E-state index contributed by atoms with van der Waals surface area (Å²) in [5.74, 6) is 0. The molecule has 0 aromatic rings. The van der Waals surface area contributed by atoms with Crippen LogP contribution in [0.1, 0.15) is 39.0 Å². The summed E-state index contributed by atoms with van der Waals surface area (Å²) in [6, 6.07) is 0. The SMILES string of the molecule is CCCCN(C)[C]1CCCCO1. The molecule has 1 aliphatic heterocycles. The van der Waals surface area contributed by atoms with Gasteiger partial charge in [0, 0.05) is 13.2 Å². The highest BCUT2D eigenvalue weighted by molar-refractivity contribution is 4.79. The molecule has 0 amide bonds. The summed E-state index contributed by atoms with van der Waals surface area (Å²) in [5.41, 5.74) is 0. The molecule has 2 heteroatoms. The van der Waals surface area contributed by atoms with Gasteiger partial charge >= 0.3 is 0 Å². The van der Waals surface area contributed by atoms with Crippen molar-refractivity contribution in [2.75, 3.05) is 20.2 Å². The molecule has 1 radical (unpaired) electrons. The second-order valence-corrected chi connectivity index (χ2v) is 3.47. The molecule has 71 valence electrons. The molecule has 2 nitrogen and oxygen atoms in total. The molecular formula is C10H20NO. The number of unbranched alkanes of at least 4 members (excludes halogenated alkanes) is 1. The van der Waals surface area contributed by atoms with E-state index in [1.165, 1.54) is 31.9 Å². The first-order chi connectivity index (χ1) is 5.84. The van der Waals surface area contributed by atoms with Gasteiger partial charge in [0.05, 0.1) is 0 Å². The summed E-state index contributed by atoms with van der Waals surface area (Å²) < 4.78 is 5.58. The standard InChI is InChI=1S/C10H20NO/c1-3-4-8-11(2)10-7-5-6-9-12-10/h3-9H2,1-2H3. The Kier molecular flexibility index (Phi) is 4.62. The normalized spacial score (nSPS) is 20.2. The van der Waals surface area contributed by atoms with E-state index in [0.29, 0.717) is 0 Å². The third-order valence-corrected chi connectivity index (χ3v) is 2.33. The van der Waals surface area contributed by atoms with Crippen molar-refractivity contribution in [3.8, 4) is 0 Å². The van der Waals surface area contributed by atoms with Gasteiger partial charge in [0.15, 0.2) is 6.23 Å². The summed E-state index contributed by atoms with van der Waals surface area (Å²) in [6.45, 7) is 4.29. The molecule has 1 saturated heterocycles. The Morgan fingerprint density at radius 1 is 1.42 bits per heavy atom. The number of hydrogen-bond donors (Lipinski definition) is 0. The van der Waals surface area contributed by atoms with Crippen molar-refractivity contribution >= 4 is 0 Å². The number of hydrogen-bond acceptors (Lipinski definition) is 2. The molecule has 0 bridgehead atoms. The summed E-state index contributed by atoms with van der Waals surface area (Å²) in [6.07, 6.45) is 7.40. The van der Waals surface area contributed by atoms with E-state index in [2.05, 4.69) is 18.9 Å². The zero-order valence-electron chi connectivity index (χ0n) is 8.31. The first-order valence-corrected chi connectivity index (χ1v) is 5.04. The van der Waals surface area contributed by atoms with E-state index < -0.39 is 0 Å². The van der Waals surface area contributed by atoms with Crippen LogP contribution in [-0.2, 0) is 4.74 Å². The lowest BCUT2D eigenvalue weighted by Crippen LogP contribution is -2.30. The minimum atomic E-state index is 0.922. The fraction of sp³-hybridized carbons (Fsp3) is 0.900. The van der Waals surface area contributed by atoms with Gasteiger partial charge in [0.1, 0.15) is 0 Å². The van der Waals surface area contributed by atoms with Crippen LogP contribution in [-0.4, -0.2) is 25.1 Å². The van der Waals surface area contributed by atoms with Crippen molar-refractivity contribution in [3.63, 3.8) is 0 Å². The Morgan fingerprint density at radius 3 is 2.83 bits per heavy atom. The topological polar surface area (TPSA) is 12.5 Å². The first kappa shape index (κ1) is 10.0. The maximum absolute atomic E-state index is 5.58. The Morgan fingerprint density at radius 2 is 2.25 bits per heavy atom. The fourth-order valence-electron chi connectivity index (χ4n) is 1.46. The molecule has 0 unspecified atom stereocenters. The van der Waals surface area contributed by atoms with Crippen molar-refractivity contribution < 1.29 is 4.74 Å². The van der Waals surface area contributed by atoms with E-state index in [1.807, 2.05) is 0 Å². The zero-order valence-corrected chi connectivity index (χ0v) is 8.31. The zero-order chi connectivity index (χ0) is 8.81. The molecule has 0 aliphatic carbocycles. The Bertz CT molecular complexity index is 110. The van der Waals surface area contributed by atoms with Gasteiger partial charge in [0.25, 0.3) is 0 Å². The molecule has 0 saturated carbocycles. The van der Waals surface area contributed by atoms with E-state index in [4.69, 9.17) is 4.74 Å². The van der Waals surface area contributed by atoms with Gasteiger partial charge in [-0.1, -0.05) is 13.3 Å². The van der Waals surface area contributed by atoms with E-state index in [9.17, 15) is 0 Å². The van der Waals surface area contributed by atoms with E-state index in [1.54, 1.807) is 0 Å². The van der Waals surface area contributed by atoms with Gasteiger partial charge in [-0.2, -0.15) is 0 Å². The number of ether oxygens (including phenoxy) is 1. The van der Waals surface area contributed by atoms with Crippen LogP contribution in [0.4, 0.5) is 0 Å². The molecule has 0 aromatic heterocycles. The molecule has 0 aromatic carbocycles. The Balaban J connectivity index is 2.15. The highest BCUT2D eigenvalue weighted by atomic mass is 16.5. The van der Waals surface area contributed by atoms with Gasteiger partial charge in [-0.25, -0.2) is 0 Å². The molecule has 1 fully saturated rings. The molecule has 12 heavy (non-hydrogen) atoms. The van der Waals surface area contributed by atoms with Crippen molar-refractivity contribution in [2.24, 2.45) is 0 Å². The first-order valence-electron chi connectivity index (χ1n) is 5.04. The number of rotatable bonds is 4. The highest BCUT2D eigenvalue weighted by Crippen LogP contribution is 2.21. The van der Waals surface area contributed by atoms with Crippen LogP contribution in [0.15, 0.2) is 0 Å². The minimum absolute atomic E-state index is 0.922. The van der Waals surface area contributed by atoms with Gasteiger partial charge in [0.2, 0.25) is 0 Å². The van der Waals surface area contributed by atoms with Crippen molar-refractivity contribution in [1.82, 2.24) is 4.90 Å². The van der Waals surface area contributed by atoms with Gasteiger partial charge in [-0.05, 0) is 32.7 Å². The average molecular weight is 170 g/mol. The lowest BCUT2D eigenvalue weighted by molar-refractivity contribution is 0.0152. The molecule has 0 N–H and O–H groups in total. The van der Waals surface area contributed by atoms with Gasteiger partial charge < -0.3 is 4.74 Å². The quantitative estimate of drug-likeness (QED) is 0.642. The van der Waals surface area contributed by atoms with Gasteiger partial charge in [-0.3, -0.25) is 4.90 Å². The third-order valence-electron chi connectivity index (χ3n) is 2.33. The van der Waals surface area contributed by atoms with E-state index >= 15 is 0 Å². The Hall–Kier alpha value is -0.0800.